The van der Waals surface area contributed by atoms with Gasteiger partial charge in [0.2, 0.25) is 0 Å². The van der Waals surface area contributed by atoms with Crippen LogP contribution in [0.1, 0.15) is 26.7 Å². The van der Waals surface area contributed by atoms with E-state index >= 15 is 0 Å². The van der Waals surface area contributed by atoms with Crippen LogP contribution in [-0.4, -0.2) is 13.2 Å². The van der Waals surface area contributed by atoms with Crippen molar-refractivity contribution in [3.05, 3.63) is 21.8 Å². The number of ether oxygens (including phenoxy) is 2. The Kier molecular flexibility index (Phi) is 5.83. The maximum absolute atomic E-state index is 5.57. The zero-order valence-corrected chi connectivity index (χ0v) is 11.4. The van der Waals surface area contributed by atoms with E-state index in [0.717, 1.165) is 41.1 Å². The van der Waals surface area contributed by atoms with E-state index in [0.29, 0.717) is 0 Å². The van der Waals surface area contributed by atoms with Gasteiger partial charge in [-0.3, -0.25) is 0 Å². The van der Waals surface area contributed by atoms with E-state index in [-0.39, 0.29) is 0 Å². The summed E-state index contributed by atoms with van der Waals surface area (Å²) in [5.41, 5.74) is 0. The number of hydrogen-bond donors (Lipinski definition) is 0. The second kappa shape index (κ2) is 6.93. The van der Waals surface area contributed by atoms with Gasteiger partial charge in [-0.25, -0.2) is 0 Å². The third-order valence-corrected chi connectivity index (χ3v) is 2.41. The van der Waals surface area contributed by atoms with Crippen LogP contribution in [-0.2, 0) is 0 Å². The summed E-state index contributed by atoms with van der Waals surface area (Å²) in [5, 5.41) is 0. The van der Waals surface area contributed by atoms with Gasteiger partial charge in [0.1, 0.15) is 11.5 Å². The lowest BCUT2D eigenvalue weighted by Crippen LogP contribution is -1.98. The van der Waals surface area contributed by atoms with Gasteiger partial charge in [0.05, 0.1) is 13.2 Å². The molecule has 0 aliphatic rings. The molecule has 1 aromatic rings. The highest BCUT2D eigenvalue weighted by molar-refractivity contribution is 14.1. The third kappa shape index (κ3) is 4.73. The minimum Gasteiger partial charge on any atom is -0.493 e. The Balaban J connectivity index is 2.66. The first-order chi connectivity index (χ1) is 7.26. The topological polar surface area (TPSA) is 18.5 Å². The maximum atomic E-state index is 5.57. The van der Waals surface area contributed by atoms with Gasteiger partial charge in [-0.2, -0.15) is 0 Å². The average Bonchev–Trinajstić information content (AvgIpc) is 2.23. The predicted molar refractivity (Wildman–Crippen MR) is 70.7 cm³/mol. The van der Waals surface area contributed by atoms with E-state index < -0.39 is 0 Å². The molecule has 1 aromatic carbocycles. The molecule has 15 heavy (non-hydrogen) atoms. The van der Waals surface area contributed by atoms with E-state index in [2.05, 4.69) is 36.4 Å². The minimum absolute atomic E-state index is 0.757. The zero-order chi connectivity index (χ0) is 11.1. The van der Waals surface area contributed by atoms with Crippen molar-refractivity contribution < 1.29 is 9.47 Å². The van der Waals surface area contributed by atoms with Crippen LogP contribution in [0.25, 0.3) is 0 Å². The highest BCUT2D eigenvalue weighted by atomic mass is 127. The van der Waals surface area contributed by atoms with Crippen LogP contribution in [0, 0.1) is 3.57 Å². The van der Waals surface area contributed by atoms with Crippen molar-refractivity contribution >= 4 is 22.6 Å². The molecule has 0 unspecified atom stereocenters. The van der Waals surface area contributed by atoms with Gasteiger partial charge in [0, 0.05) is 9.64 Å². The van der Waals surface area contributed by atoms with Gasteiger partial charge in [0.25, 0.3) is 0 Å². The van der Waals surface area contributed by atoms with E-state index in [1.165, 1.54) is 0 Å². The zero-order valence-electron chi connectivity index (χ0n) is 9.25. The average molecular weight is 320 g/mol. The normalized spacial score (nSPS) is 10.1. The van der Waals surface area contributed by atoms with Crippen molar-refractivity contribution in [3.63, 3.8) is 0 Å². The fourth-order valence-corrected chi connectivity index (χ4v) is 1.76. The molecule has 84 valence electrons. The van der Waals surface area contributed by atoms with Crippen LogP contribution in [0.4, 0.5) is 0 Å². The predicted octanol–water partition coefficient (Wildman–Crippen LogP) is 3.87. The van der Waals surface area contributed by atoms with Gasteiger partial charge < -0.3 is 9.47 Å². The molecule has 2 nitrogen and oxygen atoms in total. The van der Waals surface area contributed by atoms with Crippen molar-refractivity contribution in [1.29, 1.82) is 0 Å². The Labute approximate surface area is 105 Å². The van der Waals surface area contributed by atoms with Crippen molar-refractivity contribution in [3.8, 4) is 11.5 Å². The van der Waals surface area contributed by atoms with Crippen molar-refractivity contribution in [2.45, 2.75) is 26.7 Å². The lowest BCUT2D eigenvalue weighted by molar-refractivity contribution is 0.301. The first-order valence-corrected chi connectivity index (χ1v) is 6.40. The maximum Gasteiger partial charge on any atom is 0.124 e. The molecule has 0 saturated carbocycles. The Morgan fingerprint density at radius 3 is 1.80 bits per heavy atom. The van der Waals surface area contributed by atoms with Gasteiger partial charge in [-0.15, -0.1) is 0 Å². The SMILES string of the molecule is CCCOc1cc(I)cc(OCCC)c1. The van der Waals surface area contributed by atoms with Gasteiger partial charge >= 0.3 is 0 Å². The van der Waals surface area contributed by atoms with Crippen LogP contribution in [0.5, 0.6) is 11.5 Å². The molecule has 0 N–H and O–H groups in total. The van der Waals surface area contributed by atoms with Crippen LogP contribution in [0.3, 0.4) is 0 Å². The summed E-state index contributed by atoms with van der Waals surface area (Å²) in [6.07, 6.45) is 2.05. The Morgan fingerprint density at radius 2 is 1.40 bits per heavy atom. The number of hydrogen-bond acceptors (Lipinski definition) is 2. The van der Waals surface area contributed by atoms with E-state index in [4.69, 9.17) is 9.47 Å². The third-order valence-electron chi connectivity index (χ3n) is 1.79. The van der Waals surface area contributed by atoms with Crippen molar-refractivity contribution in [2.75, 3.05) is 13.2 Å². The highest BCUT2D eigenvalue weighted by Gasteiger charge is 2.00. The van der Waals surface area contributed by atoms with Crippen molar-refractivity contribution in [1.82, 2.24) is 0 Å². The highest BCUT2D eigenvalue weighted by Crippen LogP contribution is 2.24. The fourth-order valence-electron chi connectivity index (χ4n) is 1.14. The summed E-state index contributed by atoms with van der Waals surface area (Å²) < 4.78 is 12.3. The molecular formula is C12H17IO2. The van der Waals surface area contributed by atoms with Crippen molar-refractivity contribution in [2.24, 2.45) is 0 Å². The lowest BCUT2D eigenvalue weighted by Gasteiger charge is -2.09. The number of rotatable bonds is 6. The molecule has 0 amide bonds. The summed E-state index contributed by atoms with van der Waals surface area (Å²) in [7, 11) is 0. The van der Waals surface area contributed by atoms with Gasteiger partial charge in [-0.05, 0) is 47.6 Å². The molecule has 0 aromatic heterocycles. The summed E-state index contributed by atoms with van der Waals surface area (Å²) in [5.74, 6) is 1.80. The van der Waals surface area contributed by atoms with E-state index in [1.807, 2.05) is 18.2 Å². The molecule has 0 aliphatic heterocycles. The number of benzene rings is 1. The van der Waals surface area contributed by atoms with Crippen LogP contribution in [0.2, 0.25) is 0 Å². The molecule has 0 heterocycles. The largest absolute Gasteiger partial charge is 0.493 e. The van der Waals surface area contributed by atoms with Crippen LogP contribution >= 0.6 is 22.6 Å². The molecule has 0 atom stereocenters. The molecule has 0 radical (unpaired) electrons. The molecule has 0 spiro atoms. The van der Waals surface area contributed by atoms with Crippen LogP contribution in [0.15, 0.2) is 18.2 Å². The van der Waals surface area contributed by atoms with Crippen LogP contribution < -0.4 is 9.47 Å². The fraction of sp³-hybridized carbons (Fsp3) is 0.500. The lowest BCUT2D eigenvalue weighted by atomic mass is 10.3. The molecule has 3 heteroatoms. The smallest absolute Gasteiger partial charge is 0.124 e. The standard InChI is InChI=1S/C12H17IO2/c1-3-5-14-11-7-10(13)8-12(9-11)15-6-4-2/h7-9H,3-6H2,1-2H3. The molecule has 0 bridgehead atoms. The Morgan fingerprint density at radius 1 is 0.933 bits per heavy atom. The van der Waals surface area contributed by atoms with E-state index in [9.17, 15) is 0 Å². The monoisotopic (exact) mass is 320 g/mol. The Hall–Kier alpha value is -0.450. The summed E-state index contributed by atoms with van der Waals surface area (Å²) in [6, 6.07) is 6.00. The molecule has 1 rings (SSSR count). The first kappa shape index (κ1) is 12.6. The first-order valence-electron chi connectivity index (χ1n) is 5.32. The van der Waals surface area contributed by atoms with Gasteiger partial charge in [-0.1, -0.05) is 13.8 Å². The van der Waals surface area contributed by atoms with Gasteiger partial charge in [0.15, 0.2) is 0 Å². The number of halogens is 1. The molecule has 0 fully saturated rings. The minimum atomic E-state index is 0.757. The summed E-state index contributed by atoms with van der Waals surface area (Å²) in [6.45, 7) is 5.71. The second-order valence-electron chi connectivity index (χ2n) is 3.32. The Bertz CT molecular complexity index is 273. The van der Waals surface area contributed by atoms with E-state index in [1.54, 1.807) is 0 Å². The summed E-state index contributed by atoms with van der Waals surface area (Å²) in [4.78, 5) is 0. The second-order valence-corrected chi connectivity index (χ2v) is 4.57. The quantitative estimate of drug-likeness (QED) is 0.741. The molecule has 0 aliphatic carbocycles. The molecule has 0 saturated heterocycles. The molecular weight excluding hydrogens is 303 g/mol. The summed E-state index contributed by atoms with van der Waals surface area (Å²) >= 11 is 2.27.